The van der Waals surface area contributed by atoms with E-state index in [1.54, 1.807) is 0 Å². The molecule has 0 aromatic heterocycles. The third-order valence-corrected chi connectivity index (χ3v) is 0.642. The van der Waals surface area contributed by atoms with Crippen LogP contribution in [0.5, 0.6) is 0 Å². The molecule has 0 aliphatic heterocycles. The van der Waals surface area contributed by atoms with Crippen molar-refractivity contribution < 1.29 is 14.7 Å². The van der Waals surface area contributed by atoms with Crippen molar-refractivity contribution in [3.05, 3.63) is 0 Å². The summed E-state index contributed by atoms with van der Waals surface area (Å²) in [6.07, 6.45) is -0.934. The van der Waals surface area contributed by atoms with Gasteiger partial charge in [0.2, 0.25) is 0 Å². The zero-order valence-electron chi connectivity index (χ0n) is 4.30. The van der Waals surface area contributed by atoms with Crippen molar-refractivity contribution in [1.29, 1.82) is 0 Å². The van der Waals surface area contributed by atoms with E-state index >= 15 is 0 Å². The van der Waals surface area contributed by atoms with Gasteiger partial charge in [0.05, 0.1) is 0 Å². The molecule has 7 heavy (non-hydrogen) atoms. The van der Waals surface area contributed by atoms with Crippen molar-refractivity contribution >= 4 is 27.0 Å². The lowest BCUT2D eigenvalue weighted by Gasteiger charge is -1.79. The Bertz CT molecular complexity index is 48.2. The quantitative estimate of drug-likeness (QED) is 0.309. The van der Waals surface area contributed by atoms with Gasteiger partial charge < -0.3 is 14.9 Å². The van der Waals surface area contributed by atoms with E-state index in [9.17, 15) is 4.79 Å². The Labute approximate surface area is 47.6 Å². The predicted octanol–water partition coefficient (Wildman–Crippen LogP) is -3.21. The van der Waals surface area contributed by atoms with Crippen LogP contribution in [0.3, 0.4) is 0 Å². The van der Waals surface area contributed by atoms with Crippen molar-refractivity contribution in [3.8, 4) is 0 Å². The van der Waals surface area contributed by atoms with E-state index in [4.69, 9.17) is 9.90 Å². The molecule has 0 saturated carbocycles. The highest BCUT2D eigenvalue weighted by atomic mass is 28.2. The number of rotatable bonds is 0. The van der Waals surface area contributed by atoms with E-state index in [2.05, 4.69) is 4.98 Å². The highest BCUT2D eigenvalue weighted by Gasteiger charge is 1.76. The van der Waals surface area contributed by atoms with Crippen LogP contribution in [0.2, 0.25) is 0 Å². The van der Waals surface area contributed by atoms with Crippen molar-refractivity contribution in [1.82, 2.24) is 4.98 Å². The zero-order chi connectivity index (χ0) is 6.28. The van der Waals surface area contributed by atoms with Crippen LogP contribution in [0.1, 0.15) is 0 Å². The molecule has 6 heteroatoms. The van der Waals surface area contributed by atoms with Crippen LogP contribution in [-0.4, -0.2) is 36.9 Å². The maximum atomic E-state index is 9.29. The second-order valence-electron chi connectivity index (χ2n) is 0.555. The monoisotopic (exact) mass is 139 g/mol. The standard InChI is InChI=1S/CH5NO2Si.H4OSi/c3-1(4)2-5;1-2/h2H,5H3,(H,3,4);1H,2H3. The lowest BCUT2D eigenvalue weighted by atomic mass is 11.3. The van der Waals surface area contributed by atoms with Gasteiger partial charge >= 0.3 is 6.09 Å². The summed E-state index contributed by atoms with van der Waals surface area (Å²) in [7, 11) is 0.829. The smallest absolute Gasteiger partial charge is 0.395 e. The molecule has 0 aliphatic carbocycles. The van der Waals surface area contributed by atoms with E-state index in [0.29, 0.717) is 20.9 Å². The average molecular weight is 139 g/mol. The predicted molar refractivity (Wildman–Crippen MR) is 33.3 cm³/mol. The number of hydrogen-bond acceptors (Lipinski definition) is 2. The summed E-state index contributed by atoms with van der Waals surface area (Å²) in [6.45, 7) is 0. The third-order valence-electron chi connectivity index (χ3n) is 0.214. The Hall–Kier alpha value is -0.336. The van der Waals surface area contributed by atoms with Gasteiger partial charge in [-0.3, -0.25) is 0 Å². The summed E-state index contributed by atoms with van der Waals surface area (Å²) >= 11 is 0. The number of carboxylic acid groups (broad SMARTS) is 1. The molecule has 4 nitrogen and oxygen atoms in total. The summed E-state index contributed by atoms with van der Waals surface area (Å²) in [6, 6.07) is 0. The molecule has 44 valence electrons. The first-order chi connectivity index (χ1) is 3.27. The zero-order valence-corrected chi connectivity index (χ0v) is 8.30. The lowest BCUT2D eigenvalue weighted by Crippen LogP contribution is -2.15. The van der Waals surface area contributed by atoms with Crippen molar-refractivity contribution in [2.45, 2.75) is 0 Å². The molecule has 0 heterocycles. The fraction of sp³-hybridized carbons (Fsp3) is 0. The molecule has 0 unspecified atom stereocenters. The van der Waals surface area contributed by atoms with Crippen LogP contribution in [0.25, 0.3) is 0 Å². The first kappa shape index (κ1) is 9.83. The van der Waals surface area contributed by atoms with E-state index in [1.165, 1.54) is 0 Å². The molecular formula is CH9NO3Si2. The van der Waals surface area contributed by atoms with Gasteiger partial charge in [0.25, 0.3) is 0 Å². The van der Waals surface area contributed by atoms with Crippen LogP contribution >= 0.6 is 0 Å². The van der Waals surface area contributed by atoms with E-state index in [0.717, 1.165) is 0 Å². The molecular weight excluding hydrogens is 130 g/mol. The summed E-state index contributed by atoms with van der Waals surface area (Å²) in [5.74, 6) is 0. The molecule has 0 fully saturated rings. The molecule has 0 radical (unpaired) electrons. The lowest BCUT2D eigenvalue weighted by molar-refractivity contribution is 0.201. The van der Waals surface area contributed by atoms with Gasteiger partial charge in [-0.1, -0.05) is 0 Å². The SMILES string of the molecule is O=C(O)N[SiH3].O[SiH3]. The highest BCUT2D eigenvalue weighted by Crippen LogP contribution is 1.44. The van der Waals surface area contributed by atoms with Gasteiger partial charge in [-0.25, -0.2) is 4.79 Å². The van der Waals surface area contributed by atoms with Gasteiger partial charge in [0.1, 0.15) is 20.9 Å². The molecule has 0 saturated heterocycles. The molecule has 0 rings (SSSR count). The van der Waals surface area contributed by atoms with Gasteiger partial charge in [0.15, 0.2) is 0 Å². The van der Waals surface area contributed by atoms with Crippen LogP contribution in [0, 0.1) is 0 Å². The fourth-order valence-electron chi connectivity index (χ4n) is 0. The maximum Gasteiger partial charge on any atom is 0.395 e. The third kappa shape index (κ3) is 27.5. The Balaban J connectivity index is 0. The molecule has 1 amide bonds. The molecule has 0 aromatic rings. The van der Waals surface area contributed by atoms with Gasteiger partial charge in [-0.15, -0.1) is 0 Å². The van der Waals surface area contributed by atoms with Gasteiger partial charge in [-0.2, -0.15) is 0 Å². The molecule has 0 bridgehead atoms. The number of nitrogens with one attached hydrogen (secondary N) is 1. The Kier molecular flexibility index (Phi) is 12.9. The molecule has 0 atom stereocenters. The molecule has 3 N–H and O–H groups in total. The molecule has 0 spiro atoms. The summed E-state index contributed by atoms with van der Waals surface area (Å²) in [5.41, 5.74) is 0. The fourth-order valence-corrected chi connectivity index (χ4v) is 0. The number of carbonyl (C=O) groups is 1. The minimum atomic E-state index is -0.934. The summed E-state index contributed by atoms with van der Waals surface area (Å²) in [5, 5.41) is 7.65. The summed E-state index contributed by atoms with van der Waals surface area (Å²) < 4.78 is 0. The minimum absolute atomic E-state index is 0.306. The van der Waals surface area contributed by atoms with Gasteiger partial charge in [-0.05, 0) is 0 Å². The van der Waals surface area contributed by atoms with Crippen LogP contribution in [-0.2, 0) is 0 Å². The van der Waals surface area contributed by atoms with Crippen molar-refractivity contribution in [3.63, 3.8) is 0 Å². The topological polar surface area (TPSA) is 69.6 Å². The second kappa shape index (κ2) is 9.18. The molecule has 0 aliphatic rings. The first-order valence-electron chi connectivity index (χ1n) is 1.62. The Morgan fingerprint density at radius 1 is 1.57 bits per heavy atom. The molecule has 0 aromatic carbocycles. The number of amides is 1. The Morgan fingerprint density at radius 2 is 1.71 bits per heavy atom. The summed E-state index contributed by atoms with van der Waals surface area (Å²) in [4.78, 5) is 18.5. The van der Waals surface area contributed by atoms with Crippen LogP contribution < -0.4 is 4.98 Å². The normalized spacial score (nSPS) is 6.43. The van der Waals surface area contributed by atoms with E-state index < -0.39 is 6.09 Å². The van der Waals surface area contributed by atoms with E-state index in [-0.39, 0.29) is 0 Å². The second-order valence-corrected chi connectivity index (χ2v) is 1.06. The number of hydrogen-bond donors (Lipinski definition) is 3. The average Bonchev–Trinajstić information content (AvgIpc) is 1.73. The minimum Gasteiger partial charge on any atom is -0.466 e. The Morgan fingerprint density at radius 3 is 1.71 bits per heavy atom. The largest absolute Gasteiger partial charge is 0.466 e. The van der Waals surface area contributed by atoms with Crippen LogP contribution in [0.4, 0.5) is 4.79 Å². The van der Waals surface area contributed by atoms with Crippen molar-refractivity contribution in [2.75, 3.05) is 0 Å². The van der Waals surface area contributed by atoms with Crippen LogP contribution in [0.15, 0.2) is 0 Å². The first-order valence-corrected chi connectivity index (χ1v) is 3.52. The van der Waals surface area contributed by atoms with Crippen molar-refractivity contribution in [2.24, 2.45) is 0 Å². The van der Waals surface area contributed by atoms with Gasteiger partial charge in [0, 0.05) is 0 Å². The maximum absolute atomic E-state index is 9.29. The highest BCUT2D eigenvalue weighted by molar-refractivity contribution is 6.12. The van der Waals surface area contributed by atoms with E-state index in [1.807, 2.05) is 0 Å².